The van der Waals surface area contributed by atoms with Crippen molar-refractivity contribution in [2.24, 2.45) is 5.73 Å². The third kappa shape index (κ3) is 2.79. The van der Waals surface area contributed by atoms with Gasteiger partial charge in [0.25, 0.3) is 0 Å². The predicted molar refractivity (Wildman–Crippen MR) is 88.0 cm³/mol. The van der Waals surface area contributed by atoms with E-state index in [1.807, 2.05) is 0 Å². The molecule has 0 amide bonds. The van der Waals surface area contributed by atoms with Crippen LogP contribution in [0, 0.1) is 6.92 Å². The van der Waals surface area contributed by atoms with Crippen molar-refractivity contribution in [3.8, 4) is 0 Å². The van der Waals surface area contributed by atoms with E-state index in [0.717, 1.165) is 29.9 Å². The maximum Gasteiger partial charge on any atom is 0.137 e. The highest BCUT2D eigenvalue weighted by molar-refractivity contribution is 5.63. The van der Waals surface area contributed by atoms with E-state index in [2.05, 4.69) is 49.2 Å². The first-order valence-corrected chi connectivity index (χ1v) is 7.71. The van der Waals surface area contributed by atoms with Crippen molar-refractivity contribution in [2.45, 2.75) is 39.2 Å². The molecule has 0 saturated carbocycles. The molecule has 3 nitrogen and oxygen atoms in total. The van der Waals surface area contributed by atoms with Crippen molar-refractivity contribution >= 4 is 11.5 Å². The number of anilines is 2. The number of pyridine rings is 1. The zero-order valence-electron chi connectivity index (χ0n) is 12.9. The van der Waals surface area contributed by atoms with Gasteiger partial charge in [0, 0.05) is 30.5 Å². The molecular formula is C18H23N3. The van der Waals surface area contributed by atoms with Crippen LogP contribution in [0.1, 0.15) is 35.2 Å². The zero-order valence-corrected chi connectivity index (χ0v) is 12.9. The predicted octanol–water partition coefficient (Wildman–Crippen LogP) is 3.50. The number of hydrogen-bond donors (Lipinski definition) is 1. The van der Waals surface area contributed by atoms with E-state index >= 15 is 0 Å². The van der Waals surface area contributed by atoms with E-state index in [1.54, 1.807) is 0 Å². The molecule has 0 radical (unpaired) electrons. The Bertz CT molecular complexity index is 632. The van der Waals surface area contributed by atoms with E-state index in [9.17, 15) is 0 Å². The summed E-state index contributed by atoms with van der Waals surface area (Å²) in [5.74, 6) is 1.00. The van der Waals surface area contributed by atoms with Gasteiger partial charge in [-0.15, -0.1) is 0 Å². The molecule has 1 aliphatic rings. The molecule has 2 aromatic rings. The largest absolute Gasteiger partial charge is 0.329 e. The summed E-state index contributed by atoms with van der Waals surface area (Å²) in [6, 6.07) is 10.8. The van der Waals surface area contributed by atoms with Crippen LogP contribution in [0.15, 0.2) is 30.3 Å². The van der Waals surface area contributed by atoms with Crippen molar-refractivity contribution in [3.05, 3.63) is 52.7 Å². The summed E-state index contributed by atoms with van der Waals surface area (Å²) in [7, 11) is 2.07. The summed E-state index contributed by atoms with van der Waals surface area (Å²) in [6.07, 6.45) is 4.75. The molecular weight excluding hydrogens is 258 g/mol. The molecule has 0 aliphatic heterocycles. The summed E-state index contributed by atoms with van der Waals surface area (Å²) in [4.78, 5) is 7.08. The molecule has 1 aliphatic carbocycles. The van der Waals surface area contributed by atoms with Crippen molar-refractivity contribution in [2.75, 3.05) is 11.9 Å². The Kier molecular flexibility index (Phi) is 3.93. The molecule has 0 fully saturated rings. The Morgan fingerprint density at radius 2 is 1.86 bits per heavy atom. The van der Waals surface area contributed by atoms with E-state index in [4.69, 9.17) is 10.7 Å². The number of nitrogens with zero attached hydrogens (tertiary/aromatic N) is 2. The third-order valence-electron chi connectivity index (χ3n) is 4.32. The van der Waals surface area contributed by atoms with Gasteiger partial charge < -0.3 is 10.6 Å². The monoisotopic (exact) mass is 281 g/mol. The summed E-state index contributed by atoms with van der Waals surface area (Å²) >= 11 is 0. The minimum absolute atomic E-state index is 0.534. The lowest BCUT2D eigenvalue weighted by molar-refractivity contribution is 0.665. The van der Waals surface area contributed by atoms with Crippen LogP contribution < -0.4 is 10.6 Å². The zero-order chi connectivity index (χ0) is 14.8. The number of aryl methyl sites for hydroxylation is 3. The molecule has 3 heteroatoms. The summed E-state index contributed by atoms with van der Waals surface area (Å²) in [5, 5.41) is 0. The Balaban J connectivity index is 2.01. The van der Waals surface area contributed by atoms with Gasteiger partial charge >= 0.3 is 0 Å². The summed E-state index contributed by atoms with van der Waals surface area (Å²) in [6.45, 7) is 2.64. The topological polar surface area (TPSA) is 42.2 Å². The van der Waals surface area contributed by atoms with Crippen LogP contribution >= 0.6 is 0 Å². The van der Waals surface area contributed by atoms with Gasteiger partial charge in [-0.05, 0) is 56.4 Å². The molecule has 0 bridgehead atoms. The maximum atomic E-state index is 5.96. The highest BCUT2D eigenvalue weighted by Crippen LogP contribution is 2.30. The van der Waals surface area contributed by atoms with Crippen LogP contribution in [-0.4, -0.2) is 12.0 Å². The highest BCUT2D eigenvalue weighted by Gasteiger charge is 2.17. The second-order valence-electron chi connectivity index (χ2n) is 5.88. The molecule has 0 atom stereocenters. The molecule has 21 heavy (non-hydrogen) atoms. The molecule has 1 heterocycles. The van der Waals surface area contributed by atoms with Crippen LogP contribution in [0.4, 0.5) is 11.5 Å². The van der Waals surface area contributed by atoms with E-state index in [0.29, 0.717) is 6.54 Å². The second kappa shape index (κ2) is 5.86. The maximum absolute atomic E-state index is 5.96. The first kappa shape index (κ1) is 14.1. The quantitative estimate of drug-likeness (QED) is 0.936. The van der Waals surface area contributed by atoms with Gasteiger partial charge in [0.15, 0.2) is 0 Å². The van der Waals surface area contributed by atoms with E-state index in [1.165, 1.54) is 29.7 Å². The van der Waals surface area contributed by atoms with Gasteiger partial charge in [-0.3, -0.25) is 0 Å². The molecule has 0 spiro atoms. The fourth-order valence-electron chi connectivity index (χ4n) is 3.00. The Morgan fingerprint density at radius 1 is 1.14 bits per heavy atom. The highest BCUT2D eigenvalue weighted by atomic mass is 15.2. The van der Waals surface area contributed by atoms with Crippen molar-refractivity contribution in [1.82, 2.24) is 4.98 Å². The number of fused-ring (bicyclic) bond motifs is 1. The molecule has 110 valence electrons. The normalized spacial score (nSPS) is 13.9. The number of hydrogen-bond acceptors (Lipinski definition) is 3. The standard InChI is InChI=1S/C18H23N3/c1-13-7-9-16(10-8-13)21(2)18-15(12-19)11-14-5-3-4-6-17(14)20-18/h7-11H,3-6,12,19H2,1-2H3. The van der Waals surface area contributed by atoms with E-state index in [-0.39, 0.29) is 0 Å². The number of rotatable bonds is 3. The fourth-order valence-corrected chi connectivity index (χ4v) is 3.00. The van der Waals surface area contributed by atoms with E-state index < -0.39 is 0 Å². The average Bonchev–Trinajstić information content (AvgIpc) is 2.53. The average molecular weight is 281 g/mol. The van der Waals surface area contributed by atoms with Gasteiger partial charge in [0.2, 0.25) is 0 Å². The minimum Gasteiger partial charge on any atom is -0.329 e. The molecule has 0 unspecified atom stereocenters. The van der Waals surface area contributed by atoms with Crippen LogP contribution in [-0.2, 0) is 19.4 Å². The number of nitrogens with two attached hydrogens (primary N) is 1. The molecule has 0 saturated heterocycles. The van der Waals surface area contributed by atoms with Crippen molar-refractivity contribution in [3.63, 3.8) is 0 Å². The summed E-state index contributed by atoms with van der Waals surface area (Å²) in [5.41, 5.74) is 12.2. The minimum atomic E-state index is 0.534. The first-order chi connectivity index (χ1) is 10.2. The smallest absolute Gasteiger partial charge is 0.137 e. The van der Waals surface area contributed by atoms with Crippen LogP contribution in [0.3, 0.4) is 0 Å². The Labute approximate surface area is 126 Å². The van der Waals surface area contributed by atoms with Gasteiger partial charge in [-0.2, -0.15) is 0 Å². The Morgan fingerprint density at radius 3 is 2.57 bits per heavy atom. The lowest BCUT2D eigenvalue weighted by Crippen LogP contribution is -2.18. The van der Waals surface area contributed by atoms with Crippen LogP contribution in [0.25, 0.3) is 0 Å². The van der Waals surface area contributed by atoms with Gasteiger partial charge in [0.05, 0.1) is 0 Å². The van der Waals surface area contributed by atoms with Crippen molar-refractivity contribution < 1.29 is 0 Å². The third-order valence-corrected chi connectivity index (χ3v) is 4.32. The molecule has 1 aromatic carbocycles. The molecule has 3 rings (SSSR count). The molecule has 1 aromatic heterocycles. The lowest BCUT2D eigenvalue weighted by Gasteiger charge is -2.25. The van der Waals surface area contributed by atoms with Crippen LogP contribution in [0.2, 0.25) is 0 Å². The first-order valence-electron chi connectivity index (χ1n) is 7.71. The van der Waals surface area contributed by atoms with Crippen molar-refractivity contribution in [1.29, 1.82) is 0 Å². The SMILES string of the molecule is Cc1ccc(N(C)c2nc3c(cc2CN)CCCC3)cc1. The van der Waals surface area contributed by atoms with Gasteiger partial charge in [0.1, 0.15) is 5.82 Å². The fraction of sp³-hybridized carbons (Fsp3) is 0.389. The number of benzene rings is 1. The Hall–Kier alpha value is -1.87. The lowest BCUT2D eigenvalue weighted by atomic mass is 9.94. The second-order valence-corrected chi connectivity index (χ2v) is 5.88. The van der Waals surface area contributed by atoms with Gasteiger partial charge in [-0.25, -0.2) is 4.98 Å². The molecule has 2 N–H and O–H groups in total. The number of aromatic nitrogens is 1. The summed E-state index contributed by atoms with van der Waals surface area (Å²) < 4.78 is 0. The van der Waals surface area contributed by atoms with Crippen LogP contribution in [0.5, 0.6) is 0 Å². The van der Waals surface area contributed by atoms with Gasteiger partial charge in [-0.1, -0.05) is 17.7 Å².